The summed E-state index contributed by atoms with van der Waals surface area (Å²) in [5.74, 6) is 0.787. The van der Waals surface area contributed by atoms with E-state index in [2.05, 4.69) is 0 Å². The van der Waals surface area contributed by atoms with Crippen LogP contribution in [-0.2, 0) is 6.42 Å². The third-order valence-corrected chi connectivity index (χ3v) is 3.56. The number of hydrogen-bond donors (Lipinski definition) is 3. The molecule has 0 bridgehead atoms. The summed E-state index contributed by atoms with van der Waals surface area (Å²) in [4.78, 5) is 0. The smallest absolute Gasteiger partial charge is 0.131 e. The first-order valence-electron chi connectivity index (χ1n) is 6.99. The molecule has 2 rings (SSSR count). The van der Waals surface area contributed by atoms with Crippen molar-refractivity contribution in [1.29, 1.82) is 0 Å². The molecule has 0 unspecified atom stereocenters. The molecule has 0 heterocycles. The molecule has 0 saturated heterocycles. The molecule has 0 aliphatic carbocycles. The molecule has 0 aliphatic rings. The van der Waals surface area contributed by atoms with E-state index in [1.54, 1.807) is 0 Å². The summed E-state index contributed by atoms with van der Waals surface area (Å²) in [5.41, 5.74) is 7.72. The molecule has 0 amide bonds. The minimum atomic E-state index is -0.810. The summed E-state index contributed by atoms with van der Waals surface area (Å²) in [6, 6.07) is 11.8. The number of methoxy groups -OCH3 is 2. The molecule has 0 aliphatic heterocycles. The fraction of sp³-hybridized carbons (Fsp3) is 0.294. The third kappa shape index (κ3) is 4.51. The third-order valence-electron chi connectivity index (χ3n) is 3.56. The number of nitrogens with two attached hydrogens (primary N) is 1. The van der Waals surface area contributed by atoms with Crippen LogP contribution in [0.3, 0.4) is 0 Å². The van der Waals surface area contributed by atoms with Crippen molar-refractivity contribution in [2.45, 2.75) is 18.6 Å². The van der Waals surface area contributed by atoms with Gasteiger partial charge in [0.1, 0.15) is 17.2 Å². The number of phenols is 1. The summed E-state index contributed by atoms with van der Waals surface area (Å²) < 4.78 is 10.5. The normalized spacial score (nSPS) is 12.9. The Morgan fingerprint density at radius 3 is 2.04 bits per heavy atom. The number of phenolic OH excluding ortho intramolecular Hbond substituents is 1. The van der Waals surface area contributed by atoms with E-state index in [4.69, 9.17) is 15.2 Å². The Morgan fingerprint density at radius 1 is 1.04 bits per heavy atom. The Hall–Kier alpha value is -1.95. The first-order valence-corrected chi connectivity index (χ1v) is 6.99. The molecule has 0 radical (unpaired) electrons. The van der Waals surface area contributed by atoms with E-state index < -0.39 is 12.1 Å². The van der Waals surface area contributed by atoms with Crippen LogP contribution < -0.4 is 15.2 Å². The van der Waals surface area contributed by atoms with Crippen molar-refractivity contribution in [3.8, 4) is 17.2 Å². The summed E-state index contributed by atoms with van der Waals surface area (Å²) in [6.07, 6.45) is -0.399. The molecular formula is C17H22ClNO4. The van der Waals surface area contributed by atoms with Gasteiger partial charge in [0.25, 0.3) is 0 Å². The quantitative estimate of drug-likeness (QED) is 0.752. The Morgan fingerprint density at radius 2 is 1.57 bits per heavy atom. The summed E-state index contributed by atoms with van der Waals surface area (Å²) in [7, 11) is 2.96. The molecule has 2 aromatic rings. The van der Waals surface area contributed by atoms with Crippen molar-refractivity contribution in [1.82, 2.24) is 0 Å². The number of hydrogen-bond acceptors (Lipinski definition) is 5. The van der Waals surface area contributed by atoms with Crippen molar-refractivity contribution < 1.29 is 19.7 Å². The maximum atomic E-state index is 10.4. The van der Waals surface area contributed by atoms with Gasteiger partial charge in [0.15, 0.2) is 0 Å². The van der Waals surface area contributed by atoms with Gasteiger partial charge in [-0.05, 0) is 5.56 Å². The molecule has 4 N–H and O–H groups in total. The number of rotatable bonds is 6. The second kappa shape index (κ2) is 8.62. The van der Waals surface area contributed by atoms with Gasteiger partial charge in [0.05, 0.1) is 31.9 Å². The van der Waals surface area contributed by atoms with Gasteiger partial charge >= 0.3 is 0 Å². The maximum absolute atomic E-state index is 10.4. The van der Waals surface area contributed by atoms with Crippen LogP contribution in [0.5, 0.6) is 17.2 Å². The summed E-state index contributed by atoms with van der Waals surface area (Å²) in [6.45, 7) is 0. The average Bonchev–Trinajstić information content (AvgIpc) is 2.54. The lowest BCUT2D eigenvalue weighted by atomic mass is 9.95. The maximum Gasteiger partial charge on any atom is 0.131 e. The van der Waals surface area contributed by atoms with E-state index >= 15 is 0 Å². The molecule has 126 valence electrons. The number of aliphatic hydroxyl groups is 1. The highest BCUT2D eigenvalue weighted by atomic mass is 35.5. The van der Waals surface area contributed by atoms with Gasteiger partial charge in [-0.1, -0.05) is 30.3 Å². The van der Waals surface area contributed by atoms with E-state index in [0.29, 0.717) is 23.5 Å². The second-order valence-electron chi connectivity index (χ2n) is 5.05. The Labute approximate surface area is 142 Å². The average molecular weight is 340 g/mol. The minimum absolute atomic E-state index is 0. The zero-order valence-corrected chi connectivity index (χ0v) is 13.9. The molecule has 0 spiro atoms. The van der Waals surface area contributed by atoms with Crippen LogP contribution in [0, 0.1) is 0 Å². The number of ether oxygens (including phenoxy) is 2. The van der Waals surface area contributed by atoms with Crippen LogP contribution in [0.25, 0.3) is 0 Å². The van der Waals surface area contributed by atoms with Crippen LogP contribution in [-0.4, -0.2) is 30.5 Å². The number of benzene rings is 2. The fourth-order valence-corrected chi connectivity index (χ4v) is 2.43. The monoisotopic (exact) mass is 339 g/mol. The molecular weight excluding hydrogens is 318 g/mol. The van der Waals surface area contributed by atoms with Crippen molar-refractivity contribution in [2.24, 2.45) is 5.73 Å². The zero-order chi connectivity index (χ0) is 16.1. The predicted octanol–water partition coefficient (Wildman–Crippen LogP) is 2.43. The van der Waals surface area contributed by atoms with Gasteiger partial charge in [0.2, 0.25) is 0 Å². The Bertz CT molecular complexity index is 596. The molecule has 5 nitrogen and oxygen atoms in total. The highest BCUT2D eigenvalue weighted by molar-refractivity contribution is 5.85. The van der Waals surface area contributed by atoms with Gasteiger partial charge < -0.3 is 25.4 Å². The van der Waals surface area contributed by atoms with Crippen LogP contribution in [0.1, 0.15) is 17.2 Å². The van der Waals surface area contributed by atoms with Gasteiger partial charge in [0, 0.05) is 18.6 Å². The van der Waals surface area contributed by atoms with Crippen molar-refractivity contribution in [3.63, 3.8) is 0 Å². The van der Waals surface area contributed by atoms with E-state index in [1.165, 1.54) is 26.4 Å². The van der Waals surface area contributed by atoms with Crippen molar-refractivity contribution in [2.75, 3.05) is 14.2 Å². The molecule has 0 fully saturated rings. The number of aliphatic hydroxyl groups excluding tert-OH is 1. The number of aromatic hydroxyl groups is 1. The largest absolute Gasteiger partial charge is 0.508 e. The lowest BCUT2D eigenvalue weighted by Gasteiger charge is -2.23. The molecule has 2 aromatic carbocycles. The van der Waals surface area contributed by atoms with E-state index in [9.17, 15) is 10.2 Å². The molecule has 23 heavy (non-hydrogen) atoms. The van der Waals surface area contributed by atoms with Gasteiger partial charge in [-0.25, -0.2) is 0 Å². The summed E-state index contributed by atoms with van der Waals surface area (Å²) >= 11 is 0. The summed E-state index contributed by atoms with van der Waals surface area (Å²) in [5, 5.41) is 20.1. The SMILES string of the molecule is COc1cc(O)cc(OC)c1[C@H](N)[C@H](O)Cc1ccccc1.Cl. The van der Waals surface area contributed by atoms with Gasteiger partial charge in [-0.15, -0.1) is 12.4 Å². The van der Waals surface area contributed by atoms with Crippen LogP contribution in [0.15, 0.2) is 42.5 Å². The minimum Gasteiger partial charge on any atom is -0.508 e. The van der Waals surface area contributed by atoms with Crippen molar-refractivity contribution >= 4 is 12.4 Å². The van der Waals surface area contributed by atoms with E-state index in [-0.39, 0.29) is 18.2 Å². The Kier molecular flexibility index (Phi) is 7.16. The first-order chi connectivity index (χ1) is 10.6. The first kappa shape index (κ1) is 19.1. The van der Waals surface area contributed by atoms with Gasteiger partial charge in [-0.2, -0.15) is 0 Å². The van der Waals surface area contributed by atoms with E-state index in [1.807, 2.05) is 30.3 Å². The van der Waals surface area contributed by atoms with Crippen LogP contribution in [0.4, 0.5) is 0 Å². The topological polar surface area (TPSA) is 84.9 Å². The predicted molar refractivity (Wildman–Crippen MR) is 91.5 cm³/mol. The fourth-order valence-electron chi connectivity index (χ4n) is 2.43. The van der Waals surface area contributed by atoms with Crippen molar-refractivity contribution in [3.05, 3.63) is 53.6 Å². The highest BCUT2D eigenvalue weighted by Gasteiger charge is 2.25. The molecule has 2 atom stereocenters. The Balaban J connectivity index is 0.00000264. The van der Waals surface area contributed by atoms with E-state index in [0.717, 1.165) is 5.56 Å². The molecule has 0 saturated carbocycles. The highest BCUT2D eigenvalue weighted by Crippen LogP contribution is 2.38. The van der Waals surface area contributed by atoms with Gasteiger partial charge in [-0.3, -0.25) is 0 Å². The standard InChI is InChI=1S/C17H21NO4.ClH/c1-21-14-9-12(19)10-15(22-2)16(14)17(18)13(20)8-11-6-4-3-5-7-11;/h3-7,9-10,13,17,19-20H,8,18H2,1-2H3;1H/t13-,17-;/m1./s1. The molecule has 6 heteroatoms. The van der Waals surface area contributed by atoms with Crippen LogP contribution in [0.2, 0.25) is 0 Å². The molecule has 0 aromatic heterocycles. The zero-order valence-electron chi connectivity index (χ0n) is 13.1. The lowest BCUT2D eigenvalue weighted by molar-refractivity contribution is 0.142. The van der Waals surface area contributed by atoms with Crippen LogP contribution >= 0.6 is 12.4 Å². The number of halogens is 1. The lowest BCUT2D eigenvalue weighted by Crippen LogP contribution is -2.29. The second-order valence-corrected chi connectivity index (χ2v) is 5.05.